The second-order valence-electron chi connectivity index (χ2n) is 5.48. The number of anilines is 1. The summed E-state index contributed by atoms with van der Waals surface area (Å²) in [5.74, 6) is 0.522. The Kier molecular flexibility index (Phi) is 3.99. The number of rotatable bonds is 3. The van der Waals surface area contributed by atoms with Crippen LogP contribution in [-0.4, -0.2) is 48.0 Å². The van der Waals surface area contributed by atoms with Crippen LogP contribution in [0.5, 0.6) is 0 Å². The third kappa shape index (κ3) is 3.01. The van der Waals surface area contributed by atoms with Gasteiger partial charge in [0.25, 0.3) is 0 Å². The lowest BCUT2D eigenvalue weighted by Gasteiger charge is -2.40. The molecule has 0 saturated carbocycles. The number of pyridine rings is 1. The maximum atomic E-state index is 11.1. The lowest BCUT2D eigenvalue weighted by molar-refractivity contribution is -0.384. The quantitative estimate of drug-likeness (QED) is 0.615. The molecule has 2 atom stereocenters. The molecule has 0 amide bonds. The Morgan fingerprint density at radius 2 is 2.21 bits per heavy atom. The molecule has 2 heterocycles. The van der Waals surface area contributed by atoms with Gasteiger partial charge in [-0.25, -0.2) is 0 Å². The molecule has 19 heavy (non-hydrogen) atoms. The fraction of sp³-hybridized carbons (Fsp3) is 0.615. The van der Waals surface area contributed by atoms with Crippen LogP contribution in [0.4, 0.5) is 11.4 Å². The van der Waals surface area contributed by atoms with Gasteiger partial charge in [-0.05, 0) is 32.5 Å². The zero-order chi connectivity index (χ0) is 14.0. The summed E-state index contributed by atoms with van der Waals surface area (Å²) in [5.41, 5.74) is 0.771. The fourth-order valence-electron chi connectivity index (χ4n) is 2.68. The molecule has 104 valence electrons. The molecule has 1 saturated heterocycles. The van der Waals surface area contributed by atoms with Crippen molar-refractivity contribution in [2.75, 3.05) is 32.1 Å². The molecule has 0 N–H and O–H groups in total. The van der Waals surface area contributed by atoms with Crippen LogP contribution in [0.2, 0.25) is 0 Å². The molecule has 6 heteroatoms. The average molecular weight is 264 g/mol. The number of nitro groups is 1. The summed E-state index contributed by atoms with van der Waals surface area (Å²) >= 11 is 0. The van der Waals surface area contributed by atoms with Crippen LogP contribution >= 0.6 is 0 Å². The Morgan fingerprint density at radius 3 is 2.84 bits per heavy atom. The van der Waals surface area contributed by atoms with Crippen molar-refractivity contribution in [2.45, 2.75) is 19.4 Å². The predicted molar refractivity (Wildman–Crippen MR) is 74.4 cm³/mol. The first-order valence-electron chi connectivity index (χ1n) is 6.48. The first-order chi connectivity index (χ1) is 8.99. The molecule has 1 aliphatic rings. The van der Waals surface area contributed by atoms with E-state index in [1.807, 2.05) is 0 Å². The number of likely N-dealkylation sites (N-methyl/N-ethyl adjacent to an activating group) is 1. The van der Waals surface area contributed by atoms with Crippen molar-refractivity contribution in [1.29, 1.82) is 0 Å². The maximum absolute atomic E-state index is 11.1. The highest BCUT2D eigenvalue weighted by atomic mass is 16.6. The van der Waals surface area contributed by atoms with E-state index >= 15 is 0 Å². The van der Waals surface area contributed by atoms with E-state index < -0.39 is 0 Å². The Balaban J connectivity index is 2.28. The van der Waals surface area contributed by atoms with Gasteiger partial charge in [0.1, 0.15) is 11.9 Å². The summed E-state index contributed by atoms with van der Waals surface area (Å²) < 4.78 is 0. The summed E-state index contributed by atoms with van der Waals surface area (Å²) in [6.07, 6.45) is 4.08. The van der Waals surface area contributed by atoms with Crippen molar-refractivity contribution in [3.05, 3.63) is 28.6 Å². The van der Waals surface area contributed by atoms with Crippen molar-refractivity contribution in [2.24, 2.45) is 5.92 Å². The summed E-state index contributed by atoms with van der Waals surface area (Å²) in [6, 6.07) is 2.17. The normalized spacial score (nSPS) is 23.7. The van der Waals surface area contributed by atoms with E-state index in [1.165, 1.54) is 6.20 Å². The Hall–Kier alpha value is -1.69. The highest BCUT2D eigenvalue weighted by Gasteiger charge is 2.29. The molecule has 1 aromatic rings. The minimum Gasteiger partial charge on any atom is -0.364 e. The van der Waals surface area contributed by atoms with E-state index in [0.717, 1.165) is 19.5 Å². The summed E-state index contributed by atoms with van der Waals surface area (Å²) in [5, 5.41) is 11.1. The highest BCUT2D eigenvalue weighted by Crippen LogP contribution is 2.31. The minimum absolute atomic E-state index is 0.0918. The first-order valence-corrected chi connectivity index (χ1v) is 6.48. The average Bonchev–Trinajstić information content (AvgIpc) is 2.37. The van der Waals surface area contributed by atoms with Gasteiger partial charge in [0, 0.05) is 25.3 Å². The van der Waals surface area contributed by atoms with Gasteiger partial charge >= 0.3 is 5.69 Å². The molecule has 1 aromatic heterocycles. The Bertz CT molecular complexity index is 464. The summed E-state index contributed by atoms with van der Waals surface area (Å²) in [7, 11) is 4.11. The standard InChI is InChI=1S/C13H20N4O2/c1-10-6-11(15(2)3)9-16(8-10)12-4-5-14-7-13(12)17(18)19/h4-5,7,10-11H,6,8-9H2,1-3H3/t10-,11+/m1/s1. The van der Waals surface area contributed by atoms with Crippen LogP contribution in [0.25, 0.3) is 0 Å². The molecule has 0 spiro atoms. The van der Waals surface area contributed by atoms with Crippen LogP contribution in [0.3, 0.4) is 0 Å². The van der Waals surface area contributed by atoms with Crippen LogP contribution in [0.15, 0.2) is 18.5 Å². The molecule has 0 bridgehead atoms. The van der Waals surface area contributed by atoms with Crippen LogP contribution in [-0.2, 0) is 0 Å². The van der Waals surface area contributed by atoms with E-state index in [-0.39, 0.29) is 10.6 Å². The topological polar surface area (TPSA) is 62.5 Å². The third-order valence-corrected chi connectivity index (χ3v) is 3.68. The smallest absolute Gasteiger partial charge is 0.310 e. The van der Waals surface area contributed by atoms with Crippen molar-refractivity contribution in [3.63, 3.8) is 0 Å². The Labute approximate surface area is 113 Å². The van der Waals surface area contributed by atoms with Gasteiger partial charge < -0.3 is 9.80 Å². The van der Waals surface area contributed by atoms with Crippen LogP contribution in [0.1, 0.15) is 13.3 Å². The zero-order valence-corrected chi connectivity index (χ0v) is 11.6. The molecule has 1 fully saturated rings. The van der Waals surface area contributed by atoms with Gasteiger partial charge in [0.2, 0.25) is 0 Å². The number of hydrogen-bond acceptors (Lipinski definition) is 5. The Morgan fingerprint density at radius 1 is 1.47 bits per heavy atom. The van der Waals surface area contributed by atoms with E-state index in [0.29, 0.717) is 17.6 Å². The van der Waals surface area contributed by atoms with Gasteiger partial charge in [-0.3, -0.25) is 15.1 Å². The minimum atomic E-state index is -0.355. The van der Waals surface area contributed by atoms with E-state index in [2.05, 4.69) is 35.8 Å². The molecule has 0 aromatic carbocycles. The lowest BCUT2D eigenvalue weighted by Crippen LogP contribution is -2.48. The van der Waals surface area contributed by atoms with Gasteiger partial charge in [0.15, 0.2) is 0 Å². The number of piperidine rings is 1. The fourth-order valence-corrected chi connectivity index (χ4v) is 2.68. The van der Waals surface area contributed by atoms with Crippen LogP contribution in [0, 0.1) is 16.0 Å². The van der Waals surface area contributed by atoms with Crippen LogP contribution < -0.4 is 4.90 Å². The van der Waals surface area contributed by atoms with Crippen molar-refractivity contribution < 1.29 is 4.92 Å². The lowest BCUT2D eigenvalue weighted by atomic mass is 9.95. The van der Waals surface area contributed by atoms with Gasteiger partial charge in [-0.15, -0.1) is 0 Å². The number of nitrogens with zero attached hydrogens (tertiary/aromatic N) is 4. The second-order valence-corrected chi connectivity index (χ2v) is 5.48. The first kappa shape index (κ1) is 13.7. The molecular weight excluding hydrogens is 244 g/mol. The monoisotopic (exact) mass is 264 g/mol. The van der Waals surface area contributed by atoms with Gasteiger partial charge in [0.05, 0.1) is 4.92 Å². The maximum Gasteiger partial charge on any atom is 0.310 e. The predicted octanol–water partition coefficient (Wildman–Crippen LogP) is 1.77. The van der Waals surface area contributed by atoms with Gasteiger partial charge in [-0.1, -0.05) is 6.92 Å². The van der Waals surface area contributed by atoms with E-state index in [4.69, 9.17) is 0 Å². The van der Waals surface area contributed by atoms with Crippen molar-refractivity contribution in [1.82, 2.24) is 9.88 Å². The molecule has 2 rings (SSSR count). The second kappa shape index (κ2) is 5.52. The van der Waals surface area contributed by atoms with Gasteiger partial charge in [-0.2, -0.15) is 0 Å². The molecular formula is C13H20N4O2. The molecule has 0 radical (unpaired) electrons. The van der Waals surface area contributed by atoms with Crippen molar-refractivity contribution >= 4 is 11.4 Å². The SMILES string of the molecule is C[C@@H]1C[C@H](N(C)C)CN(c2ccncc2[N+](=O)[O-])C1. The van der Waals surface area contributed by atoms with E-state index in [9.17, 15) is 10.1 Å². The summed E-state index contributed by atoms with van der Waals surface area (Å²) in [6.45, 7) is 3.87. The number of aromatic nitrogens is 1. The molecule has 0 unspecified atom stereocenters. The van der Waals surface area contributed by atoms with Crippen molar-refractivity contribution in [3.8, 4) is 0 Å². The number of hydrogen-bond donors (Lipinski definition) is 0. The zero-order valence-electron chi connectivity index (χ0n) is 11.6. The van der Waals surface area contributed by atoms with E-state index in [1.54, 1.807) is 12.3 Å². The largest absolute Gasteiger partial charge is 0.364 e. The third-order valence-electron chi connectivity index (χ3n) is 3.68. The molecule has 0 aliphatic carbocycles. The highest BCUT2D eigenvalue weighted by molar-refractivity contribution is 5.62. The molecule has 1 aliphatic heterocycles. The summed E-state index contributed by atoms with van der Waals surface area (Å²) in [4.78, 5) is 18.9. The molecule has 6 nitrogen and oxygen atoms in total.